The first-order valence-electron chi connectivity index (χ1n) is 15.4. The fourth-order valence-electron chi connectivity index (χ4n) is 6.58. The van der Waals surface area contributed by atoms with Crippen LogP contribution in [0.15, 0.2) is 24.3 Å². The number of rotatable bonds is 8. The lowest BCUT2D eigenvalue weighted by Crippen LogP contribution is -2.46. The summed E-state index contributed by atoms with van der Waals surface area (Å²) in [6.07, 6.45) is 9.58. The van der Waals surface area contributed by atoms with Gasteiger partial charge in [-0.3, -0.25) is 9.59 Å². The normalized spacial score (nSPS) is 20.7. The molecule has 0 radical (unpaired) electrons. The molecule has 218 valence electrons. The zero-order chi connectivity index (χ0) is 28.7. The molecule has 0 atom stereocenters. The highest BCUT2D eigenvalue weighted by molar-refractivity contribution is 5.97. The highest BCUT2D eigenvalue weighted by Gasteiger charge is 2.41. The Hall–Kier alpha value is -2.60. The van der Waals surface area contributed by atoms with Crippen LogP contribution in [0.3, 0.4) is 0 Å². The summed E-state index contributed by atoms with van der Waals surface area (Å²) in [6, 6.07) is 9.14. The standard InChI is InChI=1S/C34H48N2O4/c1-23-28(30(37)35-22-34(31(38)39)13-15-40-16-14-34)20-29(36(23)21-24-9-7-6-8-10-24)25-17-26(32(2,3)4)19-27(18-25)33(5)11-12-33/h17-20,24H,6-16,21-22H2,1-5H3,(H,35,37)(H,38,39). The van der Waals surface area contributed by atoms with E-state index in [1.54, 1.807) is 0 Å². The molecule has 2 aliphatic carbocycles. The van der Waals surface area contributed by atoms with Crippen molar-refractivity contribution < 1.29 is 19.4 Å². The largest absolute Gasteiger partial charge is 0.481 e. The van der Waals surface area contributed by atoms with Crippen molar-refractivity contribution in [2.75, 3.05) is 19.8 Å². The molecule has 3 fully saturated rings. The third kappa shape index (κ3) is 5.88. The summed E-state index contributed by atoms with van der Waals surface area (Å²) in [5, 5.41) is 13.0. The quantitative estimate of drug-likeness (QED) is 0.372. The molecule has 1 saturated heterocycles. The Morgan fingerprint density at radius 3 is 2.30 bits per heavy atom. The smallest absolute Gasteiger partial charge is 0.311 e. The van der Waals surface area contributed by atoms with Gasteiger partial charge in [-0.2, -0.15) is 0 Å². The second kappa shape index (κ2) is 11.0. The van der Waals surface area contributed by atoms with Crippen LogP contribution in [-0.2, 0) is 26.9 Å². The molecule has 6 nitrogen and oxygen atoms in total. The summed E-state index contributed by atoms with van der Waals surface area (Å²) in [4.78, 5) is 25.9. The highest BCUT2D eigenvalue weighted by atomic mass is 16.5. The molecule has 1 aliphatic heterocycles. The maximum absolute atomic E-state index is 13.7. The molecule has 5 rings (SSSR count). The molecule has 1 aromatic heterocycles. The first-order valence-corrected chi connectivity index (χ1v) is 15.4. The zero-order valence-corrected chi connectivity index (χ0v) is 25.2. The Labute approximate surface area is 239 Å². The number of amides is 1. The predicted molar refractivity (Wildman–Crippen MR) is 159 cm³/mol. The van der Waals surface area contributed by atoms with E-state index in [9.17, 15) is 14.7 Å². The number of hydrogen-bond acceptors (Lipinski definition) is 3. The first-order chi connectivity index (χ1) is 18.9. The average Bonchev–Trinajstić information content (AvgIpc) is 3.61. The summed E-state index contributed by atoms with van der Waals surface area (Å²) >= 11 is 0. The van der Waals surface area contributed by atoms with Gasteiger partial charge in [-0.1, -0.05) is 53.0 Å². The Morgan fingerprint density at radius 2 is 1.70 bits per heavy atom. The van der Waals surface area contributed by atoms with E-state index in [0.29, 0.717) is 37.5 Å². The van der Waals surface area contributed by atoms with Crippen LogP contribution in [-0.4, -0.2) is 41.3 Å². The van der Waals surface area contributed by atoms with Gasteiger partial charge in [0.2, 0.25) is 0 Å². The summed E-state index contributed by atoms with van der Waals surface area (Å²) in [7, 11) is 0. The highest BCUT2D eigenvalue weighted by Crippen LogP contribution is 2.49. The minimum Gasteiger partial charge on any atom is -0.481 e. The Morgan fingerprint density at radius 1 is 1.02 bits per heavy atom. The maximum Gasteiger partial charge on any atom is 0.311 e. The fraction of sp³-hybridized carbons (Fsp3) is 0.647. The minimum absolute atomic E-state index is 0.0148. The van der Waals surface area contributed by atoms with E-state index in [1.807, 2.05) is 0 Å². The van der Waals surface area contributed by atoms with Crippen LogP contribution in [0.1, 0.15) is 113 Å². The number of ether oxygens (including phenoxy) is 1. The molecule has 2 heterocycles. The van der Waals surface area contributed by atoms with Crippen LogP contribution in [0, 0.1) is 18.3 Å². The van der Waals surface area contributed by atoms with Crippen LogP contribution in [0.4, 0.5) is 0 Å². The van der Waals surface area contributed by atoms with Gasteiger partial charge in [0.25, 0.3) is 5.91 Å². The summed E-state index contributed by atoms with van der Waals surface area (Å²) in [5.41, 5.74) is 5.90. The van der Waals surface area contributed by atoms with Gasteiger partial charge in [-0.15, -0.1) is 0 Å². The lowest BCUT2D eigenvalue weighted by atomic mass is 9.80. The predicted octanol–water partition coefficient (Wildman–Crippen LogP) is 7.00. The first kappa shape index (κ1) is 28.9. The average molecular weight is 549 g/mol. The lowest BCUT2D eigenvalue weighted by molar-refractivity contribution is -0.154. The molecule has 0 spiro atoms. The zero-order valence-electron chi connectivity index (χ0n) is 25.2. The third-order valence-electron chi connectivity index (χ3n) is 10.1. The van der Waals surface area contributed by atoms with Crippen molar-refractivity contribution in [1.29, 1.82) is 0 Å². The van der Waals surface area contributed by atoms with Gasteiger partial charge in [0.05, 0.1) is 11.0 Å². The SMILES string of the molecule is Cc1c(C(=O)NCC2(C(=O)O)CCOCC2)cc(-c2cc(C(C)(C)C)cc(C3(C)CC3)c2)n1CC1CCCCC1. The van der Waals surface area contributed by atoms with Gasteiger partial charge in [0.15, 0.2) is 0 Å². The molecular formula is C34H48N2O4. The van der Waals surface area contributed by atoms with E-state index in [-0.39, 0.29) is 23.3 Å². The second-order valence-corrected chi connectivity index (χ2v) is 14.1. The van der Waals surface area contributed by atoms with Gasteiger partial charge in [0, 0.05) is 37.7 Å². The number of carbonyl (C=O) groups is 2. The van der Waals surface area contributed by atoms with E-state index in [2.05, 4.69) is 68.8 Å². The third-order valence-corrected chi connectivity index (χ3v) is 10.1. The number of benzene rings is 1. The molecular weight excluding hydrogens is 500 g/mol. The summed E-state index contributed by atoms with van der Waals surface area (Å²) in [5.74, 6) is -0.434. The van der Waals surface area contributed by atoms with Crippen LogP contribution >= 0.6 is 0 Å². The monoisotopic (exact) mass is 548 g/mol. The van der Waals surface area contributed by atoms with Crippen LogP contribution in [0.25, 0.3) is 11.3 Å². The van der Waals surface area contributed by atoms with E-state index in [0.717, 1.165) is 17.9 Å². The molecule has 2 aromatic rings. The number of nitrogens with zero attached hydrogens (tertiary/aromatic N) is 1. The number of nitrogens with one attached hydrogen (secondary N) is 1. The van der Waals surface area contributed by atoms with Crippen molar-refractivity contribution in [3.8, 4) is 11.3 Å². The molecule has 1 aromatic carbocycles. The molecule has 2 saturated carbocycles. The Balaban J connectivity index is 1.52. The number of carboxylic acids is 1. The van der Waals surface area contributed by atoms with Crippen molar-refractivity contribution in [1.82, 2.24) is 9.88 Å². The van der Waals surface area contributed by atoms with E-state index < -0.39 is 11.4 Å². The Kier molecular flexibility index (Phi) is 7.95. The molecule has 3 aliphatic rings. The molecule has 0 bridgehead atoms. The van der Waals surface area contributed by atoms with E-state index in [1.165, 1.54) is 61.6 Å². The topological polar surface area (TPSA) is 80.6 Å². The van der Waals surface area contributed by atoms with Crippen LogP contribution in [0.5, 0.6) is 0 Å². The Bertz CT molecular complexity index is 1230. The number of carbonyl (C=O) groups excluding carboxylic acids is 1. The van der Waals surface area contributed by atoms with Crippen molar-refractivity contribution in [2.45, 2.75) is 110 Å². The maximum atomic E-state index is 13.7. The fourth-order valence-corrected chi connectivity index (χ4v) is 6.58. The summed E-state index contributed by atoms with van der Waals surface area (Å²) in [6.45, 7) is 13.1. The molecule has 40 heavy (non-hydrogen) atoms. The molecule has 1 amide bonds. The van der Waals surface area contributed by atoms with Crippen molar-refractivity contribution in [2.24, 2.45) is 11.3 Å². The van der Waals surface area contributed by atoms with Crippen LogP contribution < -0.4 is 5.32 Å². The van der Waals surface area contributed by atoms with Gasteiger partial charge in [-0.25, -0.2) is 0 Å². The number of aliphatic carboxylic acids is 1. The van der Waals surface area contributed by atoms with Crippen molar-refractivity contribution in [3.05, 3.63) is 46.6 Å². The molecule has 2 N–H and O–H groups in total. The van der Waals surface area contributed by atoms with Crippen molar-refractivity contribution >= 4 is 11.9 Å². The number of carboxylic acid groups (broad SMARTS) is 1. The lowest BCUT2D eigenvalue weighted by Gasteiger charge is -2.33. The molecule has 0 unspecified atom stereocenters. The van der Waals surface area contributed by atoms with Crippen LogP contribution in [0.2, 0.25) is 0 Å². The van der Waals surface area contributed by atoms with E-state index >= 15 is 0 Å². The van der Waals surface area contributed by atoms with Gasteiger partial charge in [-0.05, 0) is 97.1 Å². The van der Waals surface area contributed by atoms with Gasteiger partial charge < -0.3 is 19.7 Å². The van der Waals surface area contributed by atoms with Crippen molar-refractivity contribution in [3.63, 3.8) is 0 Å². The summed E-state index contributed by atoms with van der Waals surface area (Å²) < 4.78 is 7.80. The second-order valence-electron chi connectivity index (χ2n) is 14.1. The number of hydrogen-bond donors (Lipinski definition) is 2. The van der Waals surface area contributed by atoms with Gasteiger partial charge >= 0.3 is 5.97 Å². The van der Waals surface area contributed by atoms with Gasteiger partial charge in [0.1, 0.15) is 0 Å². The van der Waals surface area contributed by atoms with E-state index in [4.69, 9.17) is 4.74 Å². The number of aromatic nitrogens is 1. The minimum atomic E-state index is -0.967. The molecule has 6 heteroatoms.